The van der Waals surface area contributed by atoms with E-state index in [2.05, 4.69) is 10.3 Å². The van der Waals surface area contributed by atoms with E-state index in [1.807, 2.05) is 30.3 Å². The molecule has 0 amide bonds. The summed E-state index contributed by atoms with van der Waals surface area (Å²) in [5.74, 6) is -0.518. The van der Waals surface area contributed by atoms with E-state index in [1.165, 1.54) is 0 Å². The van der Waals surface area contributed by atoms with E-state index in [9.17, 15) is 4.79 Å². The fraction of sp³-hybridized carbons (Fsp3) is 0.188. The Hall–Kier alpha value is -1.40. The van der Waals surface area contributed by atoms with Crippen LogP contribution >= 0.6 is 47.0 Å². The highest BCUT2D eigenvalue weighted by molar-refractivity contribution is 7.80. The first-order chi connectivity index (χ1) is 11.5. The lowest BCUT2D eigenvalue weighted by molar-refractivity contribution is -0.111. The standard InChI is InChI=1S/C16H12Cl3N3OS/c17-10-11(18)15(23)12(19)14-13(10)20-6-7-22(14)16(24)21-8-9-4-2-1-3-5-9/h1-5H,6-8H2,(H,21,24). The summed E-state index contributed by atoms with van der Waals surface area (Å²) in [7, 11) is 0. The molecule has 8 heteroatoms. The van der Waals surface area contributed by atoms with Crippen LogP contribution in [0.1, 0.15) is 5.56 Å². The molecule has 1 aliphatic heterocycles. The minimum Gasteiger partial charge on any atom is -0.358 e. The van der Waals surface area contributed by atoms with E-state index < -0.39 is 5.78 Å². The lowest BCUT2D eigenvalue weighted by Gasteiger charge is -2.34. The van der Waals surface area contributed by atoms with Gasteiger partial charge >= 0.3 is 0 Å². The third kappa shape index (κ3) is 3.22. The zero-order chi connectivity index (χ0) is 17.3. The Bertz CT molecular complexity index is 802. The van der Waals surface area contributed by atoms with Gasteiger partial charge in [0.05, 0.1) is 17.3 Å². The highest BCUT2D eigenvalue weighted by Crippen LogP contribution is 2.35. The van der Waals surface area contributed by atoms with Gasteiger partial charge in [-0.3, -0.25) is 9.79 Å². The Morgan fingerprint density at radius 1 is 1.17 bits per heavy atom. The smallest absolute Gasteiger partial charge is 0.219 e. The predicted molar refractivity (Wildman–Crippen MR) is 102 cm³/mol. The molecule has 0 atom stereocenters. The number of carbonyl (C=O) groups is 1. The van der Waals surface area contributed by atoms with Crippen LogP contribution in [-0.2, 0) is 11.3 Å². The topological polar surface area (TPSA) is 44.7 Å². The molecule has 1 aliphatic carbocycles. The molecule has 24 heavy (non-hydrogen) atoms. The predicted octanol–water partition coefficient (Wildman–Crippen LogP) is 3.54. The van der Waals surface area contributed by atoms with Crippen LogP contribution in [0.15, 0.2) is 56.1 Å². The molecule has 0 fully saturated rings. The van der Waals surface area contributed by atoms with Gasteiger partial charge in [-0.25, -0.2) is 0 Å². The van der Waals surface area contributed by atoms with Crippen LogP contribution in [0.2, 0.25) is 0 Å². The number of hydrogen-bond acceptors (Lipinski definition) is 3. The molecule has 0 bridgehead atoms. The third-order valence-corrected chi connectivity index (χ3v) is 5.17. The van der Waals surface area contributed by atoms with Gasteiger partial charge in [-0.05, 0) is 17.8 Å². The van der Waals surface area contributed by atoms with Gasteiger partial charge in [-0.2, -0.15) is 0 Å². The van der Waals surface area contributed by atoms with Crippen molar-refractivity contribution in [3.63, 3.8) is 0 Å². The number of Topliss-reactive ketones (excluding diaryl/α,β-unsaturated/α-hetero) is 1. The van der Waals surface area contributed by atoms with Crippen molar-refractivity contribution in [2.24, 2.45) is 4.99 Å². The molecule has 0 unspecified atom stereocenters. The summed E-state index contributed by atoms with van der Waals surface area (Å²) in [6.45, 7) is 1.54. The monoisotopic (exact) mass is 399 g/mol. The van der Waals surface area contributed by atoms with Crippen molar-refractivity contribution in [2.75, 3.05) is 13.1 Å². The summed E-state index contributed by atoms with van der Waals surface area (Å²) in [6.07, 6.45) is 0. The quantitative estimate of drug-likeness (QED) is 0.609. The van der Waals surface area contributed by atoms with Crippen LogP contribution < -0.4 is 5.32 Å². The molecule has 0 saturated heterocycles. The molecule has 124 valence electrons. The number of ketones is 1. The molecule has 3 rings (SSSR count). The Balaban J connectivity index is 1.83. The number of nitrogens with one attached hydrogen (secondary N) is 1. The van der Waals surface area contributed by atoms with Gasteiger partial charge in [0.15, 0.2) is 5.11 Å². The Morgan fingerprint density at radius 2 is 1.88 bits per heavy atom. The molecule has 0 aromatic heterocycles. The zero-order valence-corrected chi connectivity index (χ0v) is 15.4. The molecular formula is C16H12Cl3N3OS. The third-order valence-electron chi connectivity index (χ3n) is 3.63. The molecule has 1 heterocycles. The van der Waals surface area contributed by atoms with Gasteiger partial charge in [-0.15, -0.1) is 0 Å². The second kappa shape index (κ2) is 7.23. The fourth-order valence-corrected chi connectivity index (χ4v) is 3.46. The average Bonchev–Trinajstić information content (AvgIpc) is 2.62. The number of aliphatic imine (C=N–C) groups is 1. The molecular weight excluding hydrogens is 389 g/mol. The molecule has 4 nitrogen and oxygen atoms in total. The minimum atomic E-state index is -0.518. The number of fused-ring (bicyclic) bond motifs is 1. The van der Waals surface area contributed by atoms with E-state index in [0.29, 0.717) is 36.2 Å². The number of benzene rings is 1. The summed E-state index contributed by atoms with van der Waals surface area (Å²) in [6, 6.07) is 9.85. The zero-order valence-electron chi connectivity index (χ0n) is 12.4. The average molecular weight is 401 g/mol. The summed E-state index contributed by atoms with van der Waals surface area (Å²) >= 11 is 23.8. The SMILES string of the molecule is O=C1C(Cl)=C(Cl)C2=NCCN(C(=S)NCc3ccccc3)C2=C1Cl. The van der Waals surface area contributed by atoms with Crippen molar-refractivity contribution < 1.29 is 4.79 Å². The van der Waals surface area contributed by atoms with Crippen molar-refractivity contribution >= 4 is 63.6 Å². The number of nitrogens with zero attached hydrogens (tertiary/aromatic N) is 2. The van der Waals surface area contributed by atoms with Crippen LogP contribution in [0.5, 0.6) is 0 Å². The van der Waals surface area contributed by atoms with Gasteiger partial charge in [0.2, 0.25) is 5.78 Å². The maximum Gasteiger partial charge on any atom is 0.219 e. The summed E-state index contributed by atoms with van der Waals surface area (Å²) in [5.41, 5.74) is 1.90. The molecule has 1 aromatic carbocycles. The van der Waals surface area contributed by atoms with Crippen LogP contribution in [0, 0.1) is 0 Å². The van der Waals surface area contributed by atoms with Crippen molar-refractivity contribution in [3.05, 3.63) is 56.7 Å². The van der Waals surface area contributed by atoms with Gasteiger partial charge in [-0.1, -0.05) is 65.1 Å². The van der Waals surface area contributed by atoms with Crippen LogP contribution in [-0.4, -0.2) is 34.6 Å². The molecule has 0 radical (unpaired) electrons. The van der Waals surface area contributed by atoms with E-state index in [0.717, 1.165) is 5.56 Å². The molecule has 1 N–H and O–H groups in total. The first-order valence-electron chi connectivity index (χ1n) is 7.15. The Labute approximate surface area is 159 Å². The summed E-state index contributed by atoms with van der Waals surface area (Å²) < 4.78 is 0. The fourth-order valence-electron chi connectivity index (χ4n) is 2.45. The highest BCUT2D eigenvalue weighted by Gasteiger charge is 2.36. The second-order valence-electron chi connectivity index (χ2n) is 5.15. The molecule has 0 spiro atoms. The minimum absolute atomic E-state index is 0.0216. The number of carbonyl (C=O) groups excluding carboxylic acids is 1. The first-order valence-corrected chi connectivity index (χ1v) is 8.69. The van der Waals surface area contributed by atoms with Gasteiger partial charge in [0.1, 0.15) is 15.8 Å². The maximum atomic E-state index is 12.1. The highest BCUT2D eigenvalue weighted by atomic mass is 35.5. The lowest BCUT2D eigenvalue weighted by Crippen LogP contribution is -2.46. The van der Waals surface area contributed by atoms with Crippen molar-refractivity contribution in [1.82, 2.24) is 10.2 Å². The number of thiocarbonyl (C=S) groups is 1. The second-order valence-corrected chi connectivity index (χ2v) is 6.67. The molecule has 0 saturated carbocycles. The number of rotatable bonds is 2. The summed E-state index contributed by atoms with van der Waals surface area (Å²) in [4.78, 5) is 18.2. The first kappa shape index (κ1) is 17.4. The van der Waals surface area contributed by atoms with Gasteiger partial charge in [0.25, 0.3) is 0 Å². The van der Waals surface area contributed by atoms with E-state index in [1.54, 1.807) is 4.90 Å². The van der Waals surface area contributed by atoms with Crippen molar-refractivity contribution in [1.29, 1.82) is 0 Å². The molecule has 2 aliphatic rings. The van der Waals surface area contributed by atoms with E-state index in [-0.39, 0.29) is 15.1 Å². The van der Waals surface area contributed by atoms with Crippen molar-refractivity contribution in [2.45, 2.75) is 6.54 Å². The van der Waals surface area contributed by atoms with E-state index >= 15 is 0 Å². The largest absolute Gasteiger partial charge is 0.358 e. The lowest BCUT2D eigenvalue weighted by atomic mass is 10.1. The van der Waals surface area contributed by atoms with Crippen molar-refractivity contribution in [3.8, 4) is 0 Å². The Kier molecular flexibility index (Phi) is 5.25. The summed E-state index contributed by atoms with van der Waals surface area (Å²) in [5, 5.41) is 3.59. The number of hydrogen-bond donors (Lipinski definition) is 1. The van der Waals surface area contributed by atoms with Gasteiger partial charge < -0.3 is 10.2 Å². The van der Waals surface area contributed by atoms with Crippen LogP contribution in [0.3, 0.4) is 0 Å². The number of halogens is 3. The van der Waals surface area contributed by atoms with Crippen LogP contribution in [0.25, 0.3) is 0 Å². The normalized spacial score (nSPS) is 17.7. The van der Waals surface area contributed by atoms with Gasteiger partial charge in [0, 0.05) is 13.1 Å². The van der Waals surface area contributed by atoms with E-state index in [4.69, 9.17) is 47.0 Å². The number of allylic oxidation sites excluding steroid dienone is 3. The maximum absolute atomic E-state index is 12.1. The Morgan fingerprint density at radius 3 is 2.58 bits per heavy atom. The van der Waals surface area contributed by atoms with Crippen LogP contribution in [0.4, 0.5) is 0 Å². The molecule has 1 aromatic rings.